The molecule has 3 rings (SSSR count). The summed E-state index contributed by atoms with van der Waals surface area (Å²) in [4.78, 5) is 0. The Morgan fingerprint density at radius 1 is 0.682 bits per heavy atom. The standard InChI is InChI=1S/C18H26N2Si2/c1-3-19(17-11-7-5-8-12-17)21-15-22(16-21)20(4-2)18-13-9-6-10-14-18/h5-14,21-22H,3-4,15-16H2,1-2H3. The first-order valence-corrected chi connectivity index (χ1v) is 12.8. The molecule has 2 aromatic rings. The molecule has 22 heavy (non-hydrogen) atoms. The highest BCUT2D eigenvalue weighted by Crippen LogP contribution is 2.31. The van der Waals surface area contributed by atoms with E-state index in [1.807, 2.05) is 0 Å². The second-order valence-electron chi connectivity index (χ2n) is 6.02. The normalized spacial score (nSPS) is 20.3. The van der Waals surface area contributed by atoms with Gasteiger partial charge in [0.25, 0.3) is 0 Å². The average Bonchev–Trinajstić information content (AvgIpc) is 2.55. The smallest absolute Gasteiger partial charge is 0.138 e. The maximum absolute atomic E-state index is 2.72. The molecule has 0 aromatic heterocycles. The number of nitrogens with zero attached hydrogens (tertiary/aromatic N) is 2. The fourth-order valence-electron chi connectivity index (χ4n) is 3.61. The molecule has 2 nitrogen and oxygen atoms in total. The van der Waals surface area contributed by atoms with E-state index in [2.05, 4.69) is 83.6 Å². The van der Waals surface area contributed by atoms with E-state index < -0.39 is 17.9 Å². The molecule has 0 atom stereocenters. The molecule has 0 radical (unpaired) electrons. The highest BCUT2D eigenvalue weighted by molar-refractivity contribution is 6.98. The summed E-state index contributed by atoms with van der Waals surface area (Å²) in [5.74, 6) is 0. The largest absolute Gasteiger partial charge is 0.401 e. The molecule has 1 fully saturated rings. The topological polar surface area (TPSA) is 6.48 Å². The Morgan fingerprint density at radius 2 is 1.05 bits per heavy atom. The molecule has 0 amide bonds. The van der Waals surface area contributed by atoms with Crippen LogP contribution in [0.4, 0.5) is 11.4 Å². The Morgan fingerprint density at radius 3 is 1.36 bits per heavy atom. The third-order valence-corrected chi connectivity index (χ3v) is 16.6. The van der Waals surface area contributed by atoms with E-state index in [1.165, 1.54) is 35.8 Å². The summed E-state index contributed by atoms with van der Waals surface area (Å²) in [6.45, 7) is 6.95. The minimum absolute atomic E-state index is 0.740. The van der Waals surface area contributed by atoms with Crippen LogP contribution < -0.4 is 9.13 Å². The quantitative estimate of drug-likeness (QED) is 0.749. The van der Waals surface area contributed by atoms with Crippen molar-refractivity contribution in [1.82, 2.24) is 0 Å². The molecule has 1 heterocycles. The second-order valence-corrected chi connectivity index (χ2v) is 13.7. The van der Waals surface area contributed by atoms with Crippen LogP contribution in [0.3, 0.4) is 0 Å². The maximum atomic E-state index is 2.72. The van der Waals surface area contributed by atoms with Crippen molar-refractivity contribution in [3.8, 4) is 0 Å². The highest BCUT2D eigenvalue weighted by atomic mass is 28.4. The zero-order chi connectivity index (χ0) is 15.4. The Balaban J connectivity index is 1.65. The lowest BCUT2D eigenvalue weighted by Crippen LogP contribution is -2.60. The van der Waals surface area contributed by atoms with Crippen molar-refractivity contribution < 1.29 is 0 Å². The van der Waals surface area contributed by atoms with Gasteiger partial charge in [-0.1, -0.05) is 36.4 Å². The van der Waals surface area contributed by atoms with Crippen LogP contribution in [0.15, 0.2) is 60.7 Å². The van der Waals surface area contributed by atoms with Crippen molar-refractivity contribution >= 4 is 29.3 Å². The Kier molecular flexibility index (Phi) is 5.00. The fraction of sp³-hybridized carbons (Fsp3) is 0.333. The Hall–Kier alpha value is -1.53. The van der Waals surface area contributed by atoms with Gasteiger partial charge < -0.3 is 9.13 Å². The van der Waals surface area contributed by atoms with Gasteiger partial charge in [-0.05, 0) is 49.4 Å². The first-order chi connectivity index (χ1) is 10.8. The third kappa shape index (κ3) is 3.13. The number of hydrogen-bond acceptors (Lipinski definition) is 2. The number of para-hydroxylation sites is 2. The predicted octanol–water partition coefficient (Wildman–Crippen LogP) is 3.58. The molecule has 0 saturated carbocycles. The van der Waals surface area contributed by atoms with E-state index in [-0.39, 0.29) is 0 Å². The molecule has 0 bridgehead atoms. The zero-order valence-corrected chi connectivity index (χ0v) is 16.0. The van der Waals surface area contributed by atoms with Gasteiger partial charge in [0.15, 0.2) is 0 Å². The molecule has 1 saturated heterocycles. The molecular formula is C18H26N2Si2. The van der Waals surface area contributed by atoms with Gasteiger partial charge in [-0.3, -0.25) is 0 Å². The summed E-state index contributed by atoms with van der Waals surface area (Å²) in [5.41, 5.74) is 5.95. The lowest BCUT2D eigenvalue weighted by Gasteiger charge is -2.47. The van der Waals surface area contributed by atoms with Gasteiger partial charge in [-0.2, -0.15) is 0 Å². The number of rotatable bonds is 6. The van der Waals surface area contributed by atoms with Crippen molar-refractivity contribution in [2.24, 2.45) is 0 Å². The van der Waals surface area contributed by atoms with Crippen LogP contribution in [0.2, 0.25) is 11.3 Å². The van der Waals surface area contributed by atoms with Gasteiger partial charge in [-0.15, -0.1) is 0 Å². The molecule has 0 N–H and O–H groups in total. The minimum Gasteiger partial charge on any atom is -0.401 e. The van der Waals surface area contributed by atoms with Crippen LogP contribution in [0, 0.1) is 0 Å². The first-order valence-electron chi connectivity index (χ1n) is 8.46. The predicted molar refractivity (Wildman–Crippen MR) is 103 cm³/mol. The van der Waals surface area contributed by atoms with Crippen molar-refractivity contribution in [2.75, 3.05) is 22.2 Å². The first kappa shape index (κ1) is 15.4. The van der Waals surface area contributed by atoms with E-state index in [9.17, 15) is 0 Å². The number of anilines is 2. The van der Waals surface area contributed by atoms with Gasteiger partial charge in [-0.25, -0.2) is 0 Å². The summed E-state index contributed by atoms with van der Waals surface area (Å²) < 4.78 is 5.45. The van der Waals surface area contributed by atoms with E-state index in [0.717, 1.165) is 0 Å². The number of benzene rings is 2. The Labute approximate surface area is 137 Å². The SMILES string of the molecule is CCN(c1ccccc1)[SiH]1C[SiH](N(CC)c2ccccc2)C1. The summed E-state index contributed by atoms with van der Waals surface area (Å²) in [6, 6.07) is 22.0. The van der Waals surface area contributed by atoms with Crippen molar-refractivity contribution in [3.05, 3.63) is 60.7 Å². The van der Waals surface area contributed by atoms with Crippen molar-refractivity contribution in [3.63, 3.8) is 0 Å². The van der Waals surface area contributed by atoms with Gasteiger partial charge in [0.05, 0.1) is 0 Å². The van der Waals surface area contributed by atoms with Gasteiger partial charge >= 0.3 is 0 Å². The molecule has 116 valence electrons. The van der Waals surface area contributed by atoms with Crippen LogP contribution in [0.5, 0.6) is 0 Å². The maximum Gasteiger partial charge on any atom is 0.138 e. The molecule has 1 aliphatic rings. The molecule has 0 spiro atoms. The van der Waals surface area contributed by atoms with E-state index in [0.29, 0.717) is 0 Å². The van der Waals surface area contributed by atoms with Gasteiger partial charge in [0.1, 0.15) is 17.9 Å². The third-order valence-electron chi connectivity index (χ3n) is 4.83. The van der Waals surface area contributed by atoms with E-state index in [4.69, 9.17) is 0 Å². The summed E-state index contributed by atoms with van der Waals surface area (Å²) in [7, 11) is -1.48. The molecule has 0 aliphatic carbocycles. The molecular weight excluding hydrogens is 300 g/mol. The average molecular weight is 327 g/mol. The molecule has 1 aliphatic heterocycles. The van der Waals surface area contributed by atoms with Gasteiger partial charge in [0, 0.05) is 24.5 Å². The second kappa shape index (κ2) is 7.16. The van der Waals surface area contributed by atoms with E-state index in [1.54, 1.807) is 0 Å². The lowest BCUT2D eigenvalue weighted by atomic mass is 10.3. The summed E-state index contributed by atoms with van der Waals surface area (Å²) >= 11 is 0. The van der Waals surface area contributed by atoms with Crippen LogP contribution >= 0.6 is 0 Å². The van der Waals surface area contributed by atoms with Crippen LogP contribution in [0.25, 0.3) is 0 Å². The number of hydrogen-bond donors (Lipinski definition) is 0. The lowest BCUT2D eigenvalue weighted by molar-refractivity contribution is 1.02. The minimum atomic E-state index is -0.740. The van der Waals surface area contributed by atoms with Crippen LogP contribution in [-0.2, 0) is 0 Å². The van der Waals surface area contributed by atoms with Crippen LogP contribution in [0.1, 0.15) is 13.8 Å². The highest BCUT2D eigenvalue weighted by Gasteiger charge is 2.39. The molecule has 4 heteroatoms. The molecule has 0 unspecified atom stereocenters. The van der Waals surface area contributed by atoms with Crippen molar-refractivity contribution in [1.29, 1.82) is 0 Å². The van der Waals surface area contributed by atoms with Crippen LogP contribution in [-0.4, -0.2) is 31.0 Å². The van der Waals surface area contributed by atoms with Crippen molar-refractivity contribution in [2.45, 2.75) is 25.2 Å². The fourth-order valence-corrected chi connectivity index (χ4v) is 14.4. The summed E-state index contributed by atoms with van der Waals surface area (Å²) in [6.07, 6.45) is 0. The molecule has 2 aromatic carbocycles. The van der Waals surface area contributed by atoms with Gasteiger partial charge in [0.2, 0.25) is 0 Å². The van der Waals surface area contributed by atoms with E-state index >= 15 is 0 Å². The Bertz CT molecular complexity index is 519. The monoisotopic (exact) mass is 326 g/mol. The zero-order valence-electron chi connectivity index (χ0n) is 13.7. The summed E-state index contributed by atoms with van der Waals surface area (Å²) in [5, 5.41) is 0.